The zero-order chi connectivity index (χ0) is 20.1. The lowest BCUT2D eigenvalue weighted by molar-refractivity contribution is 0.415. The Morgan fingerprint density at radius 2 is 1.86 bits per heavy atom. The number of hydrogen-bond donors (Lipinski definition) is 0. The van der Waals surface area contributed by atoms with Crippen molar-refractivity contribution in [2.45, 2.75) is 16.4 Å². The molecule has 0 aliphatic carbocycles. The fraction of sp³-hybridized carbons (Fsp3) is 0.250. The average Bonchev–Trinajstić information content (AvgIpc) is 3.17. The highest BCUT2D eigenvalue weighted by Crippen LogP contribution is 2.28. The summed E-state index contributed by atoms with van der Waals surface area (Å²) in [6.07, 6.45) is 0. The van der Waals surface area contributed by atoms with Gasteiger partial charge in [0.2, 0.25) is 10.0 Å². The molecule has 28 heavy (non-hydrogen) atoms. The highest BCUT2D eigenvalue weighted by atomic mass is 32.2. The molecule has 0 N–H and O–H groups in total. The number of nitrogens with zero attached hydrogens (tertiary/aromatic N) is 2. The highest BCUT2D eigenvalue weighted by Gasteiger charge is 2.17. The largest absolute Gasteiger partial charge is 0.497 e. The van der Waals surface area contributed by atoms with E-state index in [1.807, 2.05) is 30.3 Å². The summed E-state index contributed by atoms with van der Waals surface area (Å²) in [7, 11) is 1.33. The van der Waals surface area contributed by atoms with Crippen LogP contribution in [-0.2, 0) is 21.5 Å². The third-order valence-electron chi connectivity index (χ3n) is 4.08. The Hall–Kier alpha value is -1.87. The van der Waals surface area contributed by atoms with Gasteiger partial charge in [-0.3, -0.25) is 0 Å². The van der Waals surface area contributed by atoms with Crippen molar-refractivity contribution in [3.05, 3.63) is 65.2 Å². The number of sulfonamides is 1. The van der Waals surface area contributed by atoms with Crippen molar-refractivity contribution >= 4 is 33.1 Å². The van der Waals surface area contributed by atoms with Gasteiger partial charge >= 0.3 is 0 Å². The Bertz CT molecular complexity index is 1030. The maximum Gasteiger partial charge on any atom is 0.242 e. The Balaban J connectivity index is 1.61. The van der Waals surface area contributed by atoms with Crippen molar-refractivity contribution in [1.82, 2.24) is 9.29 Å². The van der Waals surface area contributed by atoms with Gasteiger partial charge in [0.25, 0.3) is 0 Å². The van der Waals surface area contributed by atoms with Gasteiger partial charge in [0.05, 0.1) is 17.7 Å². The minimum Gasteiger partial charge on any atom is -0.497 e. The normalized spacial score (nSPS) is 11.7. The third-order valence-corrected chi connectivity index (χ3v) is 7.87. The Morgan fingerprint density at radius 1 is 1.11 bits per heavy atom. The molecule has 0 saturated heterocycles. The minimum absolute atomic E-state index is 0.325. The lowest BCUT2D eigenvalue weighted by atomic mass is 10.2. The van der Waals surface area contributed by atoms with Crippen LogP contribution < -0.4 is 4.74 Å². The quantitative estimate of drug-likeness (QED) is 0.522. The lowest BCUT2D eigenvalue weighted by Gasteiger charge is -2.12. The van der Waals surface area contributed by atoms with Crippen molar-refractivity contribution < 1.29 is 13.2 Å². The molecule has 3 aromatic rings. The molecule has 1 heterocycles. The monoisotopic (exact) mass is 434 g/mol. The van der Waals surface area contributed by atoms with Crippen LogP contribution in [0.5, 0.6) is 5.75 Å². The summed E-state index contributed by atoms with van der Waals surface area (Å²) in [6.45, 7) is 0. The molecular weight excluding hydrogens is 412 g/mol. The van der Waals surface area contributed by atoms with E-state index in [9.17, 15) is 8.42 Å². The van der Waals surface area contributed by atoms with Gasteiger partial charge in [-0.05, 0) is 42.0 Å². The number of ether oxygens (including phenoxy) is 1. The SMILES string of the molecule is COc1ccc(-c2nc(CSCc3cccc(S(=O)(=O)N(C)C)c3)cs2)cc1. The number of hydrogen-bond acceptors (Lipinski definition) is 6. The van der Waals surface area contributed by atoms with E-state index in [4.69, 9.17) is 9.72 Å². The second-order valence-corrected chi connectivity index (χ2v) is 10.3. The van der Waals surface area contributed by atoms with Gasteiger partial charge in [0.15, 0.2) is 0 Å². The summed E-state index contributed by atoms with van der Waals surface area (Å²) in [5.74, 6) is 2.33. The van der Waals surface area contributed by atoms with Crippen LogP contribution in [0.15, 0.2) is 58.8 Å². The predicted molar refractivity (Wildman–Crippen MR) is 116 cm³/mol. The van der Waals surface area contributed by atoms with Gasteiger partial charge in [-0.2, -0.15) is 11.8 Å². The molecule has 0 saturated carbocycles. The molecule has 0 atom stereocenters. The third kappa shape index (κ3) is 4.94. The van der Waals surface area contributed by atoms with Gasteiger partial charge in [0, 0.05) is 36.5 Å². The van der Waals surface area contributed by atoms with E-state index in [2.05, 4.69) is 5.38 Å². The summed E-state index contributed by atoms with van der Waals surface area (Å²) in [5, 5.41) is 3.05. The molecule has 3 rings (SSSR count). The maximum atomic E-state index is 12.3. The first-order chi connectivity index (χ1) is 13.4. The van der Waals surface area contributed by atoms with Crippen LogP contribution in [0, 0.1) is 0 Å². The zero-order valence-corrected chi connectivity index (χ0v) is 18.4. The molecule has 0 spiro atoms. The van der Waals surface area contributed by atoms with Gasteiger partial charge in [-0.1, -0.05) is 12.1 Å². The van der Waals surface area contributed by atoms with E-state index < -0.39 is 10.0 Å². The molecule has 5 nitrogen and oxygen atoms in total. The van der Waals surface area contributed by atoms with Gasteiger partial charge in [-0.15, -0.1) is 11.3 Å². The molecule has 0 bridgehead atoms. The molecule has 0 fully saturated rings. The van der Waals surface area contributed by atoms with Crippen LogP contribution in [0.25, 0.3) is 10.6 Å². The predicted octanol–water partition coefficient (Wildman–Crippen LogP) is 4.50. The standard InChI is InChI=1S/C20H22N2O3S3/c1-22(2)28(23,24)19-6-4-5-15(11-19)12-26-13-17-14-27-20(21-17)16-7-9-18(25-3)10-8-16/h4-11,14H,12-13H2,1-3H3. The van der Waals surface area contributed by atoms with E-state index in [0.29, 0.717) is 4.90 Å². The zero-order valence-electron chi connectivity index (χ0n) is 16.0. The summed E-state index contributed by atoms with van der Waals surface area (Å²) in [5.41, 5.74) is 3.08. The van der Waals surface area contributed by atoms with Crippen molar-refractivity contribution in [2.75, 3.05) is 21.2 Å². The van der Waals surface area contributed by atoms with Gasteiger partial charge < -0.3 is 4.74 Å². The van der Waals surface area contributed by atoms with Crippen LogP contribution in [0.2, 0.25) is 0 Å². The molecule has 148 valence electrons. The fourth-order valence-corrected chi connectivity index (χ4v) is 5.30. The molecule has 0 radical (unpaired) electrons. The number of methoxy groups -OCH3 is 1. The molecule has 2 aromatic carbocycles. The van der Waals surface area contributed by atoms with Gasteiger partial charge in [-0.25, -0.2) is 17.7 Å². The Labute approximate surface area is 174 Å². The molecule has 0 aliphatic heterocycles. The molecule has 0 amide bonds. The molecule has 1 aromatic heterocycles. The number of benzene rings is 2. The summed E-state index contributed by atoms with van der Waals surface area (Å²) >= 11 is 3.34. The van der Waals surface area contributed by atoms with E-state index in [0.717, 1.165) is 39.1 Å². The van der Waals surface area contributed by atoms with Crippen LogP contribution in [0.1, 0.15) is 11.3 Å². The van der Waals surface area contributed by atoms with Crippen LogP contribution in [-0.4, -0.2) is 38.9 Å². The summed E-state index contributed by atoms with van der Waals surface area (Å²) < 4.78 is 30.9. The van der Waals surface area contributed by atoms with E-state index >= 15 is 0 Å². The summed E-state index contributed by atoms with van der Waals surface area (Å²) in [4.78, 5) is 5.03. The molecular formula is C20H22N2O3S3. The van der Waals surface area contributed by atoms with E-state index in [1.165, 1.54) is 4.31 Å². The molecule has 0 aliphatic rings. The molecule has 8 heteroatoms. The maximum absolute atomic E-state index is 12.3. The number of aromatic nitrogens is 1. The Kier molecular flexibility index (Phi) is 6.77. The van der Waals surface area contributed by atoms with E-state index in [1.54, 1.807) is 62.5 Å². The number of thiazole rings is 1. The minimum atomic E-state index is -3.40. The first-order valence-electron chi connectivity index (χ1n) is 8.58. The van der Waals surface area contributed by atoms with Crippen molar-refractivity contribution in [3.63, 3.8) is 0 Å². The number of thioether (sulfide) groups is 1. The lowest BCUT2D eigenvalue weighted by Crippen LogP contribution is -2.22. The van der Waals surface area contributed by atoms with Crippen molar-refractivity contribution in [2.24, 2.45) is 0 Å². The second kappa shape index (κ2) is 9.09. The fourth-order valence-electron chi connectivity index (χ4n) is 2.52. The first-order valence-corrected chi connectivity index (χ1v) is 12.1. The summed E-state index contributed by atoms with van der Waals surface area (Å²) in [6, 6.07) is 15.0. The average molecular weight is 435 g/mol. The Morgan fingerprint density at radius 3 is 2.54 bits per heavy atom. The van der Waals surface area contributed by atoms with Crippen LogP contribution in [0.4, 0.5) is 0 Å². The van der Waals surface area contributed by atoms with Gasteiger partial charge in [0.1, 0.15) is 10.8 Å². The first kappa shape index (κ1) is 20.9. The van der Waals surface area contributed by atoms with Crippen LogP contribution >= 0.6 is 23.1 Å². The second-order valence-electron chi connectivity index (χ2n) is 6.30. The smallest absolute Gasteiger partial charge is 0.242 e. The highest BCUT2D eigenvalue weighted by molar-refractivity contribution is 7.97. The number of rotatable bonds is 8. The topological polar surface area (TPSA) is 59.5 Å². The van der Waals surface area contributed by atoms with E-state index in [-0.39, 0.29) is 0 Å². The molecule has 0 unspecified atom stereocenters. The van der Waals surface area contributed by atoms with Crippen molar-refractivity contribution in [1.29, 1.82) is 0 Å². The van der Waals surface area contributed by atoms with Crippen LogP contribution in [0.3, 0.4) is 0 Å². The van der Waals surface area contributed by atoms with Crippen molar-refractivity contribution in [3.8, 4) is 16.3 Å².